The lowest BCUT2D eigenvalue weighted by molar-refractivity contribution is -0.123. The number of allylic oxidation sites excluding steroid dienone is 1. The fourth-order valence-corrected chi connectivity index (χ4v) is 9.01. The van der Waals surface area contributed by atoms with Crippen molar-refractivity contribution in [3.05, 3.63) is 12.2 Å². The molecule has 0 fully saturated rings. The maximum absolute atomic E-state index is 12.5. The van der Waals surface area contributed by atoms with Gasteiger partial charge in [0.25, 0.3) is 0 Å². The lowest BCUT2D eigenvalue weighted by Gasteiger charge is -2.20. The molecule has 4 heteroatoms. The number of aliphatic hydroxyl groups excluding tert-OH is 2. The molecule has 0 aromatic heterocycles. The number of unbranched alkanes of at least 4 members (excludes halogenated alkanes) is 45. The Morgan fingerprint density at radius 1 is 0.383 bits per heavy atom. The molecule has 2 unspecified atom stereocenters. The fourth-order valence-electron chi connectivity index (χ4n) is 9.01. The molecule has 0 aliphatic heterocycles. The molecule has 0 bridgehead atoms. The molecule has 60 heavy (non-hydrogen) atoms. The molecule has 0 aliphatic carbocycles. The van der Waals surface area contributed by atoms with Crippen LogP contribution in [-0.2, 0) is 4.79 Å². The Labute approximate surface area is 377 Å². The molecule has 2 atom stereocenters. The largest absolute Gasteiger partial charge is 0.394 e. The highest BCUT2D eigenvalue weighted by Crippen LogP contribution is 2.18. The number of hydrogen-bond acceptors (Lipinski definition) is 3. The second-order valence-corrected chi connectivity index (χ2v) is 19.4. The minimum atomic E-state index is -0.835. The van der Waals surface area contributed by atoms with E-state index in [2.05, 4.69) is 19.2 Å². The first kappa shape index (κ1) is 59.1. The Morgan fingerprint density at radius 3 is 0.867 bits per heavy atom. The summed E-state index contributed by atoms with van der Waals surface area (Å²) in [4.78, 5) is 12.5. The van der Waals surface area contributed by atoms with Crippen molar-refractivity contribution in [1.82, 2.24) is 5.32 Å². The molecule has 0 rings (SSSR count). The van der Waals surface area contributed by atoms with Crippen molar-refractivity contribution >= 4 is 5.91 Å². The van der Waals surface area contributed by atoms with Crippen LogP contribution in [-0.4, -0.2) is 34.9 Å². The first-order valence-corrected chi connectivity index (χ1v) is 27.9. The van der Waals surface area contributed by atoms with Gasteiger partial charge in [0.2, 0.25) is 5.91 Å². The molecule has 4 nitrogen and oxygen atoms in total. The Hall–Kier alpha value is -0.870. The summed E-state index contributed by atoms with van der Waals surface area (Å²) in [5.41, 5.74) is 0. The second-order valence-electron chi connectivity index (χ2n) is 19.4. The van der Waals surface area contributed by atoms with Gasteiger partial charge in [0.1, 0.15) is 0 Å². The Kier molecular flexibility index (Phi) is 51.7. The normalized spacial score (nSPS) is 12.8. The zero-order valence-electron chi connectivity index (χ0n) is 41.3. The van der Waals surface area contributed by atoms with Crippen molar-refractivity contribution in [2.24, 2.45) is 0 Å². The summed E-state index contributed by atoms with van der Waals surface area (Å²) in [7, 11) is 0. The van der Waals surface area contributed by atoms with Gasteiger partial charge in [-0.1, -0.05) is 309 Å². The summed E-state index contributed by atoms with van der Waals surface area (Å²) >= 11 is 0. The fraction of sp³-hybridized carbons (Fsp3) is 0.946. The lowest BCUT2D eigenvalue weighted by Crippen LogP contribution is -2.45. The third-order valence-electron chi connectivity index (χ3n) is 13.3. The summed E-state index contributed by atoms with van der Waals surface area (Å²) in [6.45, 7) is 4.35. The highest BCUT2D eigenvalue weighted by molar-refractivity contribution is 5.76. The quantitative estimate of drug-likeness (QED) is 0.0422. The number of carbonyl (C=O) groups excluding carboxylic acids is 1. The summed E-state index contributed by atoms with van der Waals surface area (Å²) in [6.07, 6.45) is 68.0. The molecule has 0 aromatic rings. The van der Waals surface area contributed by atoms with Gasteiger partial charge < -0.3 is 15.5 Å². The first-order valence-electron chi connectivity index (χ1n) is 27.9. The van der Waals surface area contributed by atoms with Crippen molar-refractivity contribution < 1.29 is 15.0 Å². The minimum Gasteiger partial charge on any atom is -0.394 e. The standard InChI is InChI=1S/C56H111NO3/c1-3-5-7-9-11-13-15-17-19-21-23-25-27-29-31-33-35-37-39-41-43-45-47-49-51-55(59)54(53-58)57-56(60)52-50-48-46-44-42-40-38-36-34-32-30-28-26-24-22-20-18-16-14-12-10-8-6-4-2/h49,51,54-55,58-59H,3-48,50,52-53H2,1-2H3,(H,57,60)/b51-49+. The Morgan fingerprint density at radius 2 is 0.617 bits per heavy atom. The molecule has 0 spiro atoms. The molecule has 0 heterocycles. The van der Waals surface area contributed by atoms with Gasteiger partial charge in [0.15, 0.2) is 0 Å². The van der Waals surface area contributed by atoms with Crippen LogP contribution in [0.1, 0.15) is 322 Å². The first-order chi connectivity index (χ1) is 29.7. The Bertz CT molecular complexity index is 829. The van der Waals surface area contributed by atoms with Crippen LogP contribution >= 0.6 is 0 Å². The van der Waals surface area contributed by atoms with E-state index in [4.69, 9.17) is 0 Å². The van der Waals surface area contributed by atoms with Crippen LogP contribution in [0.4, 0.5) is 0 Å². The molecular weight excluding hydrogens is 735 g/mol. The molecule has 0 saturated heterocycles. The predicted molar refractivity (Wildman–Crippen MR) is 267 cm³/mol. The highest BCUT2D eigenvalue weighted by atomic mass is 16.3. The number of amides is 1. The molecule has 0 aliphatic rings. The van der Waals surface area contributed by atoms with Crippen molar-refractivity contribution in [1.29, 1.82) is 0 Å². The van der Waals surface area contributed by atoms with Crippen LogP contribution in [0.25, 0.3) is 0 Å². The van der Waals surface area contributed by atoms with Crippen LogP contribution in [0.15, 0.2) is 12.2 Å². The average Bonchev–Trinajstić information content (AvgIpc) is 3.25. The maximum atomic E-state index is 12.5. The van der Waals surface area contributed by atoms with Crippen molar-refractivity contribution in [3.8, 4) is 0 Å². The van der Waals surface area contributed by atoms with E-state index in [0.29, 0.717) is 6.42 Å². The monoisotopic (exact) mass is 846 g/mol. The molecule has 358 valence electrons. The number of carbonyl (C=O) groups is 1. The molecule has 0 radical (unpaired) electrons. The highest BCUT2D eigenvalue weighted by Gasteiger charge is 2.18. The van der Waals surface area contributed by atoms with Crippen molar-refractivity contribution in [2.45, 2.75) is 334 Å². The molecule has 3 N–H and O–H groups in total. The topological polar surface area (TPSA) is 69.6 Å². The number of aliphatic hydroxyl groups is 2. The number of nitrogens with one attached hydrogen (secondary N) is 1. The van der Waals surface area contributed by atoms with Gasteiger partial charge in [-0.3, -0.25) is 4.79 Å². The third-order valence-corrected chi connectivity index (χ3v) is 13.3. The van der Waals surface area contributed by atoms with Gasteiger partial charge >= 0.3 is 0 Å². The molecular formula is C56H111NO3. The predicted octanol–water partition coefficient (Wildman–Crippen LogP) is 18.1. The van der Waals surface area contributed by atoms with Crippen LogP contribution in [0.3, 0.4) is 0 Å². The molecule has 1 amide bonds. The zero-order chi connectivity index (χ0) is 43.5. The smallest absolute Gasteiger partial charge is 0.220 e. The van der Waals surface area contributed by atoms with Gasteiger partial charge in [0.05, 0.1) is 18.8 Å². The van der Waals surface area contributed by atoms with Gasteiger partial charge in [-0.05, 0) is 19.3 Å². The molecule has 0 aromatic carbocycles. The van der Waals surface area contributed by atoms with Gasteiger partial charge in [0, 0.05) is 6.42 Å². The van der Waals surface area contributed by atoms with E-state index in [0.717, 1.165) is 25.7 Å². The number of hydrogen-bond donors (Lipinski definition) is 3. The van der Waals surface area contributed by atoms with E-state index in [1.54, 1.807) is 6.08 Å². The minimum absolute atomic E-state index is 0.0557. The Balaban J connectivity index is 3.45. The maximum Gasteiger partial charge on any atom is 0.220 e. The number of rotatable bonds is 52. The van der Waals surface area contributed by atoms with Crippen molar-refractivity contribution in [2.75, 3.05) is 6.61 Å². The molecule has 0 saturated carbocycles. The summed E-state index contributed by atoms with van der Waals surface area (Å²) in [6, 6.07) is -0.618. The van der Waals surface area contributed by atoms with E-state index in [1.165, 1.54) is 276 Å². The third kappa shape index (κ3) is 48.2. The van der Waals surface area contributed by atoms with E-state index in [-0.39, 0.29) is 12.5 Å². The van der Waals surface area contributed by atoms with E-state index in [1.807, 2.05) is 6.08 Å². The van der Waals surface area contributed by atoms with Crippen LogP contribution < -0.4 is 5.32 Å². The lowest BCUT2D eigenvalue weighted by atomic mass is 10.0. The summed E-state index contributed by atoms with van der Waals surface area (Å²) < 4.78 is 0. The summed E-state index contributed by atoms with van der Waals surface area (Å²) in [5, 5.41) is 23.2. The van der Waals surface area contributed by atoms with Crippen LogP contribution in [0, 0.1) is 0 Å². The SMILES string of the molecule is CCCCCCCCCCCCCCCCCCCCCCCC/C=C/C(O)C(CO)NC(=O)CCCCCCCCCCCCCCCCCCCCCCCCCC. The summed E-state index contributed by atoms with van der Waals surface area (Å²) in [5.74, 6) is -0.0557. The van der Waals surface area contributed by atoms with E-state index in [9.17, 15) is 15.0 Å². The van der Waals surface area contributed by atoms with Crippen LogP contribution in [0.5, 0.6) is 0 Å². The second kappa shape index (κ2) is 52.5. The van der Waals surface area contributed by atoms with Gasteiger partial charge in [-0.25, -0.2) is 0 Å². The average molecular weight is 847 g/mol. The van der Waals surface area contributed by atoms with Gasteiger partial charge in [-0.2, -0.15) is 0 Å². The van der Waals surface area contributed by atoms with E-state index >= 15 is 0 Å². The zero-order valence-corrected chi connectivity index (χ0v) is 41.3. The van der Waals surface area contributed by atoms with Crippen molar-refractivity contribution in [3.63, 3.8) is 0 Å². The van der Waals surface area contributed by atoms with E-state index < -0.39 is 12.1 Å². The van der Waals surface area contributed by atoms with Crippen LogP contribution in [0.2, 0.25) is 0 Å². The van der Waals surface area contributed by atoms with Gasteiger partial charge in [-0.15, -0.1) is 0 Å².